The molecule has 0 aliphatic carbocycles. The molecule has 0 radical (unpaired) electrons. The van der Waals surface area contributed by atoms with Crippen molar-refractivity contribution in [1.29, 1.82) is 0 Å². The maximum atomic E-state index is 12.5. The molecule has 174 valence electrons. The molecule has 0 fully saturated rings. The third-order valence-electron chi connectivity index (χ3n) is 5.04. The molecule has 0 aromatic heterocycles. The highest BCUT2D eigenvalue weighted by atomic mass is 35.5. The van der Waals surface area contributed by atoms with Gasteiger partial charge in [0, 0.05) is 18.7 Å². The second-order valence-electron chi connectivity index (χ2n) is 7.50. The summed E-state index contributed by atoms with van der Waals surface area (Å²) in [6, 6.07) is 19.0. The van der Waals surface area contributed by atoms with Crippen molar-refractivity contribution in [2.75, 3.05) is 17.2 Å². The van der Waals surface area contributed by atoms with Crippen LogP contribution in [-0.2, 0) is 29.5 Å². The van der Waals surface area contributed by atoms with Crippen LogP contribution in [0.4, 0.5) is 5.69 Å². The van der Waals surface area contributed by atoms with Crippen molar-refractivity contribution < 1.29 is 18.3 Å². The quantitative estimate of drug-likeness (QED) is 0.449. The number of nitrogens with zero attached hydrogens (tertiary/aromatic N) is 1. The van der Waals surface area contributed by atoms with E-state index in [2.05, 4.69) is 5.32 Å². The van der Waals surface area contributed by atoms with E-state index in [1.165, 1.54) is 4.31 Å². The number of aliphatic hydroxyl groups is 1. The Hall–Kier alpha value is -2.58. The Morgan fingerprint density at radius 1 is 0.970 bits per heavy atom. The van der Waals surface area contributed by atoms with E-state index in [-0.39, 0.29) is 19.1 Å². The van der Waals surface area contributed by atoms with Gasteiger partial charge in [-0.3, -0.25) is 9.10 Å². The number of carbonyl (C=O) groups is 1. The summed E-state index contributed by atoms with van der Waals surface area (Å²) in [5.74, 6) is -0.273. The van der Waals surface area contributed by atoms with Crippen LogP contribution < -0.4 is 9.62 Å². The first-order chi connectivity index (χ1) is 15.7. The first-order valence-electron chi connectivity index (χ1n) is 10.2. The molecule has 0 aliphatic heterocycles. The van der Waals surface area contributed by atoms with E-state index in [4.69, 9.17) is 28.3 Å². The van der Waals surface area contributed by atoms with E-state index in [0.717, 1.165) is 17.4 Å². The summed E-state index contributed by atoms with van der Waals surface area (Å²) < 4.78 is 26.1. The van der Waals surface area contributed by atoms with Crippen molar-refractivity contribution in [3.05, 3.63) is 99.0 Å². The standard InChI is InChI=1S/C24H24Cl2N2O4S/c1-33(31,32)28(16-20-3-2-4-22(25)23(20)26)21-11-9-19(10-12-21)24(30)27-15-18-7-5-17(6-8-18)13-14-29/h2-12,29H,13-16H2,1H3,(H,27,30). The average Bonchev–Trinajstić information content (AvgIpc) is 2.79. The molecule has 0 saturated heterocycles. The summed E-state index contributed by atoms with van der Waals surface area (Å²) in [6.07, 6.45) is 1.70. The molecular formula is C24H24Cl2N2O4S. The van der Waals surface area contributed by atoms with Gasteiger partial charge in [0.1, 0.15) is 0 Å². The summed E-state index contributed by atoms with van der Waals surface area (Å²) in [4.78, 5) is 12.5. The zero-order valence-electron chi connectivity index (χ0n) is 18.0. The van der Waals surface area contributed by atoms with Gasteiger partial charge in [0.15, 0.2) is 0 Å². The monoisotopic (exact) mass is 506 g/mol. The van der Waals surface area contributed by atoms with E-state index in [0.29, 0.717) is 39.8 Å². The van der Waals surface area contributed by atoms with Crippen LogP contribution in [0.5, 0.6) is 0 Å². The largest absolute Gasteiger partial charge is 0.396 e. The number of rotatable bonds is 9. The zero-order chi connectivity index (χ0) is 24.0. The molecule has 0 unspecified atom stereocenters. The number of amides is 1. The number of aliphatic hydroxyl groups excluding tert-OH is 1. The molecule has 3 aromatic rings. The van der Waals surface area contributed by atoms with Crippen LogP contribution >= 0.6 is 23.2 Å². The lowest BCUT2D eigenvalue weighted by molar-refractivity contribution is 0.0951. The number of hydrogen-bond donors (Lipinski definition) is 2. The second kappa shape index (κ2) is 11.0. The number of carbonyl (C=O) groups excluding carboxylic acids is 1. The van der Waals surface area contributed by atoms with Gasteiger partial charge in [-0.25, -0.2) is 8.42 Å². The van der Waals surface area contributed by atoms with Gasteiger partial charge in [0.25, 0.3) is 5.91 Å². The zero-order valence-corrected chi connectivity index (χ0v) is 20.3. The van der Waals surface area contributed by atoms with Crippen LogP contribution in [0.25, 0.3) is 0 Å². The Morgan fingerprint density at radius 3 is 2.21 bits per heavy atom. The van der Waals surface area contributed by atoms with E-state index in [1.807, 2.05) is 24.3 Å². The highest BCUT2D eigenvalue weighted by Crippen LogP contribution is 2.29. The number of hydrogen-bond acceptors (Lipinski definition) is 4. The fourth-order valence-corrected chi connectivity index (χ4v) is 4.50. The molecule has 0 bridgehead atoms. The van der Waals surface area contributed by atoms with E-state index in [1.54, 1.807) is 42.5 Å². The summed E-state index contributed by atoms with van der Waals surface area (Å²) in [5.41, 5.74) is 3.34. The maximum absolute atomic E-state index is 12.5. The van der Waals surface area contributed by atoms with Crippen molar-refractivity contribution in [3.8, 4) is 0 Å². The molecule has 0 heterocycles. The summed E-state index contributed by atoms with van der Waals surface area (Å²) >= 11 is 12.3. The minimum absolute atomic E-state index is 0.00997. The fourth-order valence-electron chi connectivity index (χ4n) is 3.24. The lowest BCUT2D eigenvalue weighted by Crippen LogP contribution is -2.29. The third-order valence-corrected chi connectivity index (χ3v) is 7.04. The first kappa shape index (κ1) is 25.1. The molecule has 1 amide bonds. The Labute approximate surface area is 203 Å². The molecule has 0 atom stereocenters. The highest BCUT2D eigenvalue weighted by molar-refractivity contribution is 7.92. The minimum Gasteiger partial charge on any atom is -0.396 e. The van der Waals surface area contributed by atoms with Crippen LogP contribution in [0.3, 0.4) is 0 Å². The normalized spacial score (nSPS) is 11.3. The van der Waals surface area contributed by atoms with E-state index >= 15 is 0 Å². The highest BCUT2D eigenvalue weighted by Gasteiger charge is 2.20. The molecule has 3 aromatic carbocycles. The van der Waals surface area contributed by atoms with Crippen molar-refractivity contribution >= 4 is 44.8 Å². The smallest absolute Gasteiger partial charge is 0.251 e. The predicted octanol–water partition coefficient (Wildman–Crippen LogP) is 4.42. The second-order valence-corrected chi connectivity index (χ2v) is 10.2. The molecule has 2 N–H and O–H groups in total. The van der Waals surface area contributed by atoms with Crippen LogP contribution in [0.2, 0.25) is 10.0 Å². The van der Waals surface area contributed by atoms with Gasteiger partial charge in [-0.1, -0.05) is 59.6 Å². The molecular weight excluding hydrogens is 483 g/mol. The van der Waals surface area contributed by atoms with Crippen molar-refractivity contribution in [2.45, 2.75) is 19.5 Å². The summed E-state index contributed by atoms with van der Waals surface area (Å²) in [5, 5.41) is 12.5. The Balaban J connectivity index is 1.71. The number of sulfonamides is 1. The van der Waals surface area contributed by atoms with Crippen molar-refractivity contribution in [1.82, 2.24) is 5.32 Å². The number of halogens is 2. The lowest BCUT2D eigenvalue weighted by Gasteiger charge is -2.23. The molecule has 33 heavy (non-hydrogen) atoms. The van der Waals surface area contributed by atoms with Crippen LogP contribution in [0.1, 0.15) is 27.0 Å². The van der Waals surface area contributed by atoms with Gasteiger partial charge in [-0.15, -0.1) is 0 Å². The molecule has 3 rings (SSSR count). The maximum Gasteiger partial charge on any atom is 0.251 e. The fraction of sp³-hybridized carbons (Fsp3) is 0.208. The first-order valence-corrected chi connectivity index (χ1v) is 12.8. The van der Waals surface area contributed by atoms with Gasteiger partial charge < -0.3 is 10.4 Å². The molecule has 6 nitrogen and oxygen atoms in total. The molecule has 0 spiro atoms. The van der Waals surface area contributed by atoms with Gasteiger partial charge in [-0.05, 0) is 53.4 Å². The Morgan fingerprint density at radius 2 is 1.61 bits per heavy atom. The van der Waals surface area contributed by atoms with Crippen molar-refractivity contribution in [3.63, 3.8) is 0 Å². The van der Waals surface area contributed by atoms with Crippen LogP contribution in [0.15, 0.2) is 66.7 Å². The Kier molecular flexibility index (Phi) is 8.37. The van der Waals surface area contributed by atoms with Gasteiger partial charge in [0.2, 0.25) is 10.0 Å². The third kappa shape index (κ3) is 6.71. The molecule has 9 heteroatoms. The van der Waals surface area contributed by atoms with E-state index < -0.39 is 10.0 Å². The van der Waals surface area contributed by atoms with Gasteiger partial charge >= 0.3 is 0 Å². The SMILES string of the molecule is CS(=O)(=O)N(Cc1cccc(Cl)c1Cl)c1ccc(C(=O)NCc2ccc(CCO)cc2)cc1. The topological polar surface area (TPSA) is 86.7 Å². The average molecular weight is 507 g/mol. The van der Waals surface area contributed by atoms with Gasteiger partial charge in [-0.2, -0.15) is 0 Å². The Bertz CT molecular complexity index is 1210. The number of benzene rings is 3. The molecule has 0 aliphatic rings. The van der Waals surface area contributed by atoms with Crippen molar-refractivity contribution in [2.24, 2.45) is 0 Å². The number of anilines is 1. The number of nitrogens with one attached hydrogen (secondary N) is 1. The molecule has 0 saturated carbocycles. The predicted molar refractivity (Wildman–Crippen MR) is 132 cm³/mol. The lowest BCUT2D eigenvalue weighted by atomic mass is 10.1. The van der Waals surface area contributed by atoms with E-state index in [9.17, 15) is 13.2 Å². The van der Waals surface area contributed by atoms with Gasteiger partial charge in [0.05, 0.1) is 28.5 Å². The summed E-state index contributed by atoms with van der Waals surface area (Å²) in [7, 11) is -3.62. The van der Waals surface area contributed by atoms with Crippen LogP contribution in [0, 0.1) is 0 Å². The minimum atomic E-state index is -3.62. The van der Waals surface area contributed by atoms with Crippen LogP contribution in [-0.4, -0.2) is 32.3 Å². The summed E-state index contributed by atoms with van der Waals surface area (Å²) in [6.45, 7) is 0.452.